The van der Waals surface area contributed by atoms with Crippen molar-refractivity contribution in [3.05, 3.63) is 176 Å². The molecule has 3 heteroatoms. The van der Waals surface area contributed by atoms with Crippen molar-refractivity contribution in [1.82, 2.24) is 0 Å². The summed E-state index contributed by atoms with van der Waals surface area (Å²) < 4.78 is 13.0. The Morgan fingerprint density at radius 1 is 0.367 bits per heavy atom. The molecule has 49 heavy (non-hydrogen) atoms. The molecule has 2 heterocycles. The third-order valence-corrected chi connectivity index (χ3v) is 9.65. The van der Waals surface area contributed by atoms with Crippen LogP contribution in [0.25, 0.3) is 76.9 Å². The molecule has 0 unspecified atom stereocenters. The molecule has 0 amide bonds. The lowest BCUT2D eigenvalue weighted by Crippen LogP contribution is -2.11. The third-order valence-electron chi connectivity index (χ3n) is 9.65. The Morgan fingerprint density at radius 3 is 1.94 bits per heavy atom. The Labute approximate surface area is 282 Å². The predicted molar refractivity (Wildman–Crippen MR) is 204 cm³/mol. The summed E-state index contributed by atoms with van der Waals surface area (Å²) in [5.41, 5.74) is 11.3. The van der Waals surface area contributed by atoms with Crippen LogP contribution >= 0.6 is 0 Å². The molecular weight excluding hydrogens is 599 g/mol. The molecule has 0 fully saturated rings. The van der Waals surface area contributed by atoms with Crippen molar-refractivity contribution in [1.29, 1.82) is 0 Å². The van der Waals surface area contributed by atoms with Gasteiger partial charge in [-0.05, 0) is 76.7 Å². The number of fused-ring (bicyclic) bond motifs is 8. The fraction of sp³-hybridized carbons (Fsp3) is 0. The highest BCUT2D eigenvalue weighted by Gasteiger charge is 2.24. The van der Waals surface area contributed by atoms with Crippen molar-refractivity contribution in [2.75, 3.05) is 4.90 Å². The average Bonchev–Trinajstić information content (AvgIpc) is 3.75. The summed E-state index contributed by atoms with van der Waals surface area (Å²) in [6.45, 7) is 0. The largest absolute Gasteiger partial charge is 0.456 e. The van der Waals surface area contributed by atoms with Crippen molar-refractivity contribution >= 4 is 71.7 Å². The van der Waals surface area contributed by atoms with Crippen molar-refractivity contribution in [3.8, 4) is 22.3 Å². The van der Waals surface area contributed by atoms with Gasteiger partial charge in [0, 0.05) is 32.8 Å². The second-order valence-corrected chi connectivity index (χ2v) is 12.5. The molecule has 8 aromatic carbocycles. The number of benzene rings is 8. The van der Waals surface area contributed by atoms with E-state index in [4.69, 9.17) is 8.83 Å². The van der Waals surface area contributed by atoms with E-state index in [1.165, 1.54) is 5.56 Å². The van der Waals surface area contributed by atoms with Gasteiger partial charge in [-0.3, -0.25) is 0 Å². The molecule has 2 aromatic heterocycles. The van der Waals surface area contributed by atoms with Gasteiger partial charge < -0.3 is 13.7 Å². The summed E-state index contributed by atoms with van der Waals surface area (Å²) in [5, 5.41) is 6.61. The van der Waals surface area contributed by atoms with Crippen LogP contribution < -0.4 is 4.90 Å². The average molecular weight is 628 g/mol. The van der Waals surface area contributed by atoms with Gasteiger partial charge in [0.05, 0.1) is 16.8 Å². The second kappa shape index (κ2) is 11.0. The Balaban J connectivity index is 1.30. The lowest BCUT2D eigenvalue weighted by molar-refractivity contribution is 0.669. The van der Waals surface area contributed by atoms with E-state index in [2.05, 4.69) is 169 Å². The van der Waals surface area contributed by atoms with E-state index in [-0.39, 0.29) is 0 Å². The van der Waals surface area contributed by atoms with Crippen LogP contribution in [0.5, 0.6) is 0 Å². The van der Waals surface area contributed by atoms with Gasteiger partial charge in [-0.2, -0.15) is 0 Å². The molecule has 0 spiro atoms. The molecule has 0 aliphatic heterocycles. The van der Waals surface area contributed by atoms with Gasteiger partial charge in [-0.1, -0.05) is 121 Å². The summed E-state index contributed by atoms with van der Waals surface area (Å²) in [6.07, 6.45) is 0. The lowest BCUT2D eigenvalue weighted by Gasteiger charge is -2.29. The number of hydrogen-bond donors (Lipinski definition) is 0. The fourth-order valence-electron chi connectivity index (χ4n) is 7.37. The fourth-order valence-corrected chi connectivity index (χ4v) is 7.37. The van der Waals surface area contributed by atoms with E-state index in [0.717, 1.165) is 88.4 Å². The molecular formula is C46H29NO2. The van der Waals surface area contributed by atoms with Crippen molar-refractivity contribution in [3.63, 3.8) is 0 Å². The van der Waals surface area contributed by atoms with Crippen LogP contribution in [0.2, 0.25) is 0 Å². The van der Waals surface area contributed by atoms with E-state index in [1.54, 1.807) is 0 Å². The maximum atomic E-state index is 6.69. The number of nitrogens with zero attached hydrogens (tertiary/aromatic N) is 1. The van der Waals surface area contributed by atoms with Crippen LogP contribution in [-0.2, 0) is 0 Å². The molecule has 10 aromatic rings. The predicted octanol–water partition coefficient (Wildman–Crippen LogP) is 13.4. The van der Waals surface area contributed by atoms with E-state index in [1.807, 2.05) is 12.1 Å². The molecule has 0 saturated heterocycles. The highest BCUT2D eigenvalue weighted by Crippen LogP contribution is 2.48. The zero-order valence-electron chi connectivity index (χ0n) is 26.5. The molecule has 0 N–H and O–H groups in total. The van der Waals surface area contributed by atoms with E-state index >= 15 is 0 Å². The topological polar surface area (TPSA) is 29.5 Å². The van der Waals surface area contributed by atoms with Crippen LogP contribution in [0, 0.1) is 0 Å². The molecule has 230 valence electrons. The van der Waals surface area contributed by atoms with Crippen molar-refractivity contribution in [2.24, 2.45) is 0 Å². The summed E-state index contributed by atoms with van der Waals surface area (Å²) >= 11 is 0. The van der Waals surface area contributed by atoms with E-state index in [0.29, 0.717) is 0 Å². The highest BCUT2D eigenvalue weighted by molar-refractivity contribution is 6.20. The summed E-state index contributed by atoms with van der Waals surface area (Å²) in [5.74, 6) is 0. The Bertz CT molecular complexity index is 2830. The van der Waals surface area contributed by atoms with Crippen LogP contribution in [0.15, 0.2) is 185 Å². The molecule has 0 radical (unpaired) electrons. The first kappa shape index (κ1) is 27.5. The van der Waals surface area contributed by atoms with Gasteiger partial charge in [0.1, 0.15) is 22.3 Å². The van der Waals surface area contributed by atoms with Gasteiger partial charge in [-0.15, -0.1) is 0 Å². The maximum absolute atomic E-state index is 6.69. The van der Waals surface area contributed by atoms with Gasteiger partial charge >= 0.3 is 0 Å². The molecule has 0 aliphatic rings. The minimum Gasteiger partial charge on any atom is -0.456 e. The second-order valence-electron chi connectivity index (χ2n) is 12.5. The highest BCUT2D eigenvalue weighted by atomic mass is 16.3. The monoisotopic (exact) mass is 627 g/mol. The summed E-state index contributed by atoms with van der Waals surface area (Å²) in [7, 11) is 0. The smallest absolute Gasteiger partial charge is 0.143 e. The molecule has 0 saturated carbocycles. The Morgan fingerprint density at radius 2 is 1.08 bits per heavy atom. The number of furan rings is 2. The summed E-state index contributed by atoms with van der Waals surface area (Å²) in [4.78, 5) is 2.39. The SMILES string of the molecule is c1ccc(-c2ccc(N(c3ccc4oc5ccccc5c4c3)c3cccc4oc5c6ccccc6ccc5c34)c(-c3ccccc3)c2)cc1. The van der Waals surface area contributed by atoms with Gasteiger partial charge in [0.15, 0.2) is 0 Å². The zero-order chi connectivity index (χ0) is 32.3. The standard InChI is InChI=1S/C46H29NO2/c1-3-12-30(13-4-1)33-23-26-40(38(28-33)31-14-5-2-6-15-31)47(34-24-27-43-39(29-34)36-18-9-10-20-42(36)48-43)41-19-11-21-44-45(41)37-25-22-32-16-7-8-17-35(32)46(37)49-44/h1-29H. The first-order valence-corrected chi connectivity index (χ1v) is 16.6. The van der Waals surface area contributed by atoms with Crippen molar-refractivity contribution < 1.29 is 8.83 Å². The quantitative estimate of drug-likeness (QED) is 0.190. The molecule has 0 aliphatic carbocycles. The van der Waals surface area contributed by atoms with Gasteiger partial charge in [0.2, 0.25) is 0 Å². The minimum atomic E-state index is 0.853. The molecule has 0 atom stereocenters. The molecule has 3 nitrogen and oxygen atoms in total. The van der Waals surface area contributed by atoms with Crippen molar-refractivity contribution in [2.45, 2.75) is 0 Å². The van der Waals surface area contributed by atoms with Gasteiger partial charge in [-0.25, -0.2) is 0 Å². The molecule has 10 rings (SSSR count). The van der Waals surface area contributed by atoms with Crippen LogP contribution in [0.4, 0.5) is 17.1 Å². The Kier molecular flexibility index (Phi) is 6.18. The number of para-hydroxylation sites is 1. The Hall–Kier alpha value is -6.58. The first-order valence-electron chi connectivity index (χ1n) is 16.6. The number of hydrogen-bond acceptors (Lipinski definition) is 3. The zero-order valence-corrected chi connectivity index (χ0v) is 26.5. The third kappa shape index (κ3) is 4.44. The van der Waals surface area contributed by atoms with Crippen LogP contribution in [-0.4, -0.2) is 0 Å². The maximum Gasteiger partial charge on any atom is 0.143 e. The normalized spacial score (nSPS) is 11.7. The summed E-state index contributed by atoms with van der Waals surface area (Å²) in [6, 6.07) is 62.1. The van der Waals surface area contributed by atoms with E-state index < -0.39 is 0 Å². The number of rotatable bonds is 5. The van der Waals surface area contributed by atoms with E-state index in [9.17, 15) is 0 Å². The van der Waals surface area contributed by atoms with Crippen LogP contribution in [0.3, 0.4) is 0 Å². The van der Waals surface area contributed by atoms with Crippen LogP contribution in [0.1, 0.15) is 0 Å². The van der Waals surface area contributed by atoms with Gasteiger partial charge in [0.25, 0.3) is 0 Å². The molecule has 0 bridgehead atoms. The minimum absolute atomic E-state index is 0.853. The lowest BCUT2D eigenvalue weighted by atomic mass is 9.95. The first-order chi connectivity index (χ1) is 24.3. The number of anilines is 3.